The first-order chi connectivity index (χ1) is 17.5. The maximum atomic E-state index is 13.8. The van der Waals surface area contributed by atoms with Crippen molar-refractivity contribution in [3.8, 4) is 5.75 Å². The lowest BCUT2D eigenvalue weighted by Crippen LogP contribution is -2.40. The first-order valence-electron chi connectivity index (χ1n) is 12.8. The first kappa shape index (κ1) is 24.9. The molecule has 2 aromatic heterocycles. The maximum Gasteiger partial charge on any atom is 0.263 e. The summed E-state index contributed by atoms with van der Waals surface area (Å²) >= 11 is 1.66. The van der Waals surface area contributed by atoms with E-state index >= 15 is 0 Å². The van der Waals surface area contributed by atoms with E-state index in [1.807, 2.05) is 24.3 Å². The highest BCUT2D eigenvalue weighted by Crippen LogP contribution is 2.36. The van der Waals surface area contributed by atoms with Gasteiger partial charge in [0.05, 0.1) is 32.3 Å². The van der Waals surface area contributed by atoms with Crippen molar-refractivity contribution in [1.82, 2.24) is 19.8 Å². The molecule has 0 saturated carbocycles. The lowest BCUT2D eigenvalue weighted by atomic mass is 9.89. The van der Waals surface area contributed by atoms with Gasteiger partial charge in [-0.2, -0.15) is 0 Å². The number of methoxy groups -OCH3 is 1. The van der Waals surface area contributed by atoms with Gasteiger partial charge in [0.2, 0.25) is 5.91 Å². The summed E-state index contributed by atoms with van der Waals surface area (Å²) in [5.41, 5.74) is 2.18. The Kier molecular flexibility index (Phi) is 7.69. The van der Waals surface area contributed by atoms with Gasteiger partial charge in [-0.05, 0) is 54.9 Å². The van der Waals surface area contributed by atoms with Crippen LogP contribution < -0.4 is 15.6 Å². The SMILES string of the molecule is COc1ccc(CCNC(=O)Cn2c(CN3CCOCC3)nc3sc4c(c3c2=O)CCC(C)C4)cc1. The van der Waals surface area contributed by atoms with E-state index in [1.165, 1.54) is 4.88 Å². The Hall–Kier alpha value is -2.75. The van der Waals surface area contributed by atoms with Gasteiger partial charge in [0.25, 0.3) is 5.56 Å². The number of morpholine rings is 1. The molecule has 5 rings (SSSR count). The summed E-state index contributed by atoms with van der Waals surface area (Å²) in [6, 6.07) is 7.82. The number of hydrogen-bond donors (Lipinski definition) is 1. The molecule has 3 aromatic rings. The van der Waals surface area contributed by atoms with Crippen LogP contribution in [0.5, 0.6) is 5.75 Å². The fraction of sp³-hybridized carbons (Fsp3) is 0.519. The summed E-state index contributed by atoms with van der Waals surface area (Å²) in [4.78, 5) is 36.1. The summed E-state index contributed by atoms with van der Waals surface area (Å²) in [5.74, 6) is 1.92. The van der Waals surface area contributed by atoms with Gasteiger partial charge in [0.1, 0.15) is 22.9 Å². The number of aromatic nitrogens is 2. The second-order valence-electron chi connectivity index (χ2n) is 9.79. The lowest BCUT2D eigenvalue weighted by Gasteiger charge is -2.27. The molecule has 0 bridgehead atoms. The predicted molar refractivity (Wildman–Crippen MR) is 141 cm³/mol. The van der Waals surface area contributed by atoms with Crippen LogP contribution in [0.4, 0.5) is 0 Å². The zero-order chi connectivity index (χ0) is 25.1. The minimum atomic E-state index is -0.173. The van der Waals surface area contributed by atoms with E-state index in [4.69, 9.17) is 14.5 Å². The number of benzene rings is 1. The van der Waals surface area contributed by atoms with Gasteiger partial charge in [-0.15, -0.1) is 11.3 Å². The Balaban J connectivity index is 1.37. The van der Waals surface area contributed by atoms with Gasteiger partial charge >= 0.3 is 0 Å². The van der Waals surface area contributed by atoms with Crippen molar-refractivity contribution >= 4 is 27.5 Å². The zero-order valence-corrected chi connectivity index (χ0v) is 21.9. The van der Waals surface area contributed by atoms with Gasteiger partial charge < -0.3 is 14.8 Å². The van der Waals surface area contributed by atoms with E-state index in [9.17, 15) is 9.59 Å². The van der Waals surface area contributed by atoms with Gasteiger partial charge in [-0.3, -0.25) is 19.1 Å². The highest BCUT2D eigenvalue weighted by molar-refractivity contribution is 7.18. The minimum Gasteiger partial charge on any atom is -0.497 e. The van der Waals surface area contributed by atoms with Gasteiger partial charge in [-0.25, -0.2) is 4.98 Å². The number of thiophene rings is 1. The number of rotatable bonds is 8. The van der Waals surface area contributed by atoms with Gasteiger partial charge in [0, 0.05) is 24.5 Å². The Bertz CT molecular complexity index is 1280. The van der Waals surface area contributed by atoms with Crippen LogP contribution in [0.3, 0.4) is 0 Å². The molecule has 3 heterocycles. The third-order valence-electron chi connectivity index (χ3n) is 7.16. The second kappa shape index (κ2) is 11.1. The lowest BCUT2D eigenvalue weighted by molar-refractivity contribution is -0.121. The Labute approximate surface area is 215 Å². The minimum absolute atomic E-state index is 0.0227. The summed E-state index contributed by atoms with van der Waals surface area (Å²) in [5, 5.41) is 3.71. The maximum absolute atomic E-state index is 13.8. The summed E-state index contributed by atoms with van der Waals surface area (Å²) < 4.78 is 12.3. The Morgan fingerprint density at radius 2 is 2.03 bits per heavy atom. The van der Waals surface area contributed by atoms with E-state index in [-0.39, 0.29) is 18.0 Å². The first-order valence-corrected chi connectivity index (χ1v) is 13.6. The number of carbonyl (C=O) groups is 1. The van der Waals surface area contributed by atoms with Crippen LogP contribution in [-0.4, -0.2) is 60.3 Å². The molecule has 0 spiro atoms. The van der Waals surface area contributed by atoms with Crippen LogP contribution in [-0.2, 0) is 41.9 Å². The van der Waals surface area contributed by atoms with Crippen LogP contribution >= 0.6 is 11.3 Å². The number of carbonyl (C=O) groups excluding carboxylic acids is 1. The van der Waals surface area contributed by atoms with Crippen molar-refractivity contribution in [3.05, 3.63) is 56.4 Å². The van der Waals surface area contributed by atoms with E-state index in [1.54, 1.807) is 23.0 Å². The molecule has 1 saturated heterocycles. The third-order valence-corrected chi connectivity index (χ3v) is 8.31. The van der Waals surface area contributed by atoms with Gasteiger partial charge in [-0.1, -0.05) is 19.1 Å². The van der Waals surface area contributed by atoms with E-state index in [0.29, 0.717) is 44.5 Å². The number of aryl methyl sites for hydroxylation is 1. The Morgan fingerprint density at radius 1 is 1.25 bits per heavy atom. The van der Waals surface area contributed by atoms with E-state index < -0.39 is 0 Å². The highest BCUT2D eigenvalue weighted by Gasteiger charge is 2.26. The molecule has 1 amide bonds. The molecule has 8 nitrogen and oxygen atoms in total. The zero-order valence-electron chi connectivity index (χ0n) is 21.0. The molecule has 1 aliphatic carbocycles. The van der Waals surface area contributed by atoms with Crippen molar-refractivity contribution in [3.63, 3.8) is 0 Å². The molecule has 0 radical (unpaired) electrons. The van der Waals surface area contributed by atoms with Crippen molar-refractivity contribution in [2.45, 2.75) is 45.7 Å². The fourth-order valence-electron chi connectivity index (χ4n) is 5.05. The molecule has 2 aliphatic rings. The van der Waals surface area contributed by atoms with Crippen LogP contribution in [0, 0.1) is 5.92 Å². The smallest absolute Gasteiger partial charge is 0.263 e. The van der Waals surface area contributed by atoms with Crippen LogP contribution in [0.15, 0.2) is 29.1 Å². The number of hydrogen-bond acceptors (Lipinski definition) is 7. The summed E-state index contributed by atoms with van der Waals surface area (Å²) in [6.45, 7) is 6.20. The molecule has 1 aliphatic heterocycles. The largest absolute Gasteiger partial charge is 0.497 e. The standard InChI is InChI=1S/C27H34N4O4S/c1-18-3-8-21-22(15-18)36-26-25(21)27(33)31(23(29-26)16-30-11-13-35-14-12-30)17-24(32)28-10-9-19-4-6-20(34-2)7-5-19/h4-7,18H,3,8-17H2,1-2H3,(H,28,32). The predicted octanol–water partition coefficient (Wildman–Crippen LogP) is 2.78. The molecule has 9 heteroatoms. The molecule has 1 N–H and O–H groups in total. The fourth-order valence-corrected chi connectivity index (χ4v) is 6.44. The molecular formula is C27H34N4O4S. The van der Waals surface area contributed by atoms with Crippen LogP contribution in [0.2, 0.25) is 0 Å². The number of amides is 1. The average Bonchev–Trinajstić information content (AvgIpc) is 3.24. The molecule has 1 unspecified atom stereocenters. The van der Waals surface area contributed by atoms with Crippen LogP contribution in [0.1, 0.15) is 35.2 Å². The van der Waals surface area contributed by atoms with Crippen molar-refractivity contribution in [2.75, 3.05) is 40.0 Å². The molecular weight excluding hydrogens is 476 g/mol. The number of ether oxygens (including phenoxy) is 2. The van der Waals surface area contributed by atoms with E-state index in [2.05, 4.69) is 17.1 Å². The molecule has 192 valence electrons. The van der Waals surface area contributed by atoms with Gasteiger partial charge in [0.15, 0.2) is 0 Å². The normalized spacial score (nSPS) is 18.2. The van der Waals surface area contributed by atoms with E-state index in [0.717, 1.165) is 59.4 Å². The topological polar surface area (TPSA) is 85.7 Å². The second-order valence-corrected chi connectivity index (χ2v) is 10.9. The molecule has 1 atom stereocenters. The molecule has 36 heavy (non-hydrogen) atoms. The summed E-state index contributed by atoms with van der Waals surface area (Å²) in [7, 11) is 1.64. The molecule has 1 aromatic carbocycles. The summed E-state index contributed by atoms with van der Waals surface area (Å²) in [6.07, 6.45) is 3.70. The monoisotopic (exact) mass is 510 g/mol. The quantitative estimate of drug-likeness (QED) is 0.502. The number of nitrogens with zero attached hydrogens (tertiary/aromatic N) is 3. The molecule has 1 fully saturated rings. The van der Waals surface area contributed by atoms with Crippen molar-refractivity contribution < 1.29 is 14.3 Å². The Morgan fingerprint density at radius 3 is 2.78 bits per heavy atom. The highest BCUT2D eigenvalue weighted by atomic mass is 32.1. The van der Waals surface area contributed by atoms with Crippen molar-refractivity contribution in [1.29, 1.82) is 0 Å². The average molecular weight is 511 g/mol. The number of nitrogens with one attached hydrogen (secondary N) is 1. The van der Waals surface area contributed by atoms with Crippen LogP contribution in [0.25, 0.3) is 10.2 Å². The van der Waals surface area contributed by atoms with Crippen molar-refractivity contribution in [2.24, 2.45) is 5.92 Å². The third kappa shape index (κ3) is 5.48. The number of fused-ring (bicyclic) bond motifs is 3.